The molecule has 0 bridgehead atoms. The van der Waals surface area contributed by atoms with E-state index >= 15 is 0 Å². The third kappa shape index (κ3) is 3.42. The minimum Gasteiger partial charge on any atom is -0.320 e. The Morgan fingerprint density at radius 1 is 1.10 bits per heavy atom. The third-order valence-corrected chi connectivity index (χ3v) is 3.43. The second-order valence-electron chi connectivity index (χ2n) is 5.85. The molecule has 0 aliphatic rings. The summed E-state index contributed by atoms with van der Waals surface area (Å²) in [5, 5.41) is 8.23. The zero-order valence-corrected chi connectivity index (χ0v) is 12.7. The van der Waals surface area contributed by atoms with Gasteiger partial charge in [-0.3, -0.25) is 0 Å². The lowest BCUT2D eigenvalue weighted by Gasteiger charge is -2.16. The molecule has 0 amide bonds. The summed E-state index contributed by atoms with van der Waals surface area (Å²) in [6.07, 6.45) is 1.08. The normalized spacial score (nSPS) is 12.7. The summed E-state index contributed by atoms with van der Waals surface area (Å²) >= 11 is 0. The number of rotatable bonds is 4. The fraction of sp³-hybridized carbons (Fsp3) is 0.412. The summed E-state index contributed by atoms with van der Waals surface area (Å²) in [5.74, 6) is 0.646. The number of aromatic nitrogens is 2. The van der Waals surface area contributed by atoms with Crippen LogP contribution in [0.1, 0.15) is 48.0 Å². The van der Waals surface area contributed by atoms with E-state index in [1.165, 1.54) is 5.56 Å². The van der Waals surface area contributed by atoms with Crippen molar-refractivity contribution in [1.29, 1.82) is 0 Å². The Balaban J connectivity index is 2.33. The molecule has 0 aliphatic carbocycles. The van der Waals surface area contributed by atoms with Gasteiger partial charge in [0.25, 0.3) is 0 Å². The first-order valence-electron chi connectivity index (χ1n) is 7.12. The molecule has 0 fully saturated rings. The summed E-state index contributed by atoms with van der Waals surface area (Å²) < 4.78 is 0. The van der Waals surface area contributed by atoms with E-state index in [9.17, 15) is 0 Å². The van der Waals surface area contributed by atoms with Gasteiger partial charge in [-0.2, -0.15) is 10.2 Å². The summed E-state index contributed by atoms with van der Waals surface area (Å²) in [6.45, 7) is 8.36. The van der Waals surface area contributed by atoms with Gasteiger partial charge < -0.3 is 5.73 Å². The van der Waals surface area contributed by atoms with E-state index in [0.717, 1.165) is 28.9 Å². The molecule has 20 heavy (non-hydrogen) atoms. The van der Waals surface area contributed by atoms with E-state index in [0.29, 0.717) is 5.92 Å². The maximum Gasteiger partial charge on any atom is 0.0651 e. The number of benzene rings is 1. The van der Waals surface area contributed by atoms with Crippen LogP contribution in [0.25, 0.3) is 0 Å². The van der Waals surface area contributed by atoms with E-state index in [4.69, 9.17) is 5.73 Å². The maximum atomic E-state index is 6.42. The van der Waals surface area contributed by atoms with Crippen LogP contribution in [0.5, 0.6) is 0 Å². The maximum absolute atomic E-state index is 6.42. The lowest BCUT2D eigenvalue weighted by atomic mass is 9.94. The van der Waals surface area contributed by atoms with Crippen molar-refractivity contribution < 1.29 is 0 Å². The predicted molar refractivity (Wildman–Crippen MR) is 82.5 cm³/mol. The highest BCUT2D eigenvalue weighted by Gasteiger charge is 2.13. The zero-order valence-electron chi connectivity index (χ0n) is 12.7. The fourth-order valence-electron chi connectivity index (χ4n) is 2.45. The van der Waals surface area contributed by atoms with E-state index < -0.39 is 0 Å². The topological polar surface area (TPSA) is 51.8 Å². The fourth-order valence-corrected chi connectivity index (χ4v) is 2.45. The summed E-state index contributed by atoms with van der Waals surface area (Å²) in [6, 6.07) is 10.4. The molecule has 106 valence electrons. The number of nitrogens with zero attached hydrogens (tertiary/aromatic N) is 2. The summed E-state index contributed by atoms with van der Waals surface area (Å²) in [4.78, 5) is 0. The van der Waals surface area contributed by atoms with E-state index in [1.54, 1.807) is 0 Å². The molecular weight excluding hydrogens is 246 g/mol. The monoisotopic (exact) mass is 269 g/mol. The van der Waals surface area contributed by atoms with Gasteiger partial charge in [0, 0.05) is 0 Å². The lowest BCUT2D eigenvalue weighted by Crippen LogP contribution is -2.15. The van der Waals surface area contributed by atoms with Gasteiger partial charge in [-0.05, 0) is 48.9 Å². The minimum atomic E-state index is -0.142. The Morgan fingerprint density at radius 3 is 2.55 bits per heavy atom. The van der Waals surface area contributed by atoms with Gasteiger partial charge in [0.05, 0.1) is 17.4 Å². The molecule has 2 N–H and O–H groups in total. The zero-order chi connectivity index (χ0) is 14.7. The standard InChI is InChI=1S/C17H23N3/c1-11(2)8-14-6-5-7-15(10-14)17(18)16-9-12(3)19-20-13(16)4/h5-7,9-11,17H,8,18H2,1-4H3. The average molecular weight is 269 g/mol. The van der Waals surface area contributed by atoms with E-state index in [-0.39, 0.29) is 6.04 Å². The molecule has 1 aromatic carbocycles. The molecule has 3 heteroatoms. The Bertz CT molecular complexity index is 591. The van der Waals surface area contributed by atoms with Crippen LogP contribution in [0, 0.1) is 19.8 Å². The molecule has 0 saturated heterocycles. The predicted octanol–water partition coefficient (Wildman–Crippen LogP) is 3.34. The number of hydrogen-bond acceptors (Lipinski definition) is 3. The number of aryl methyl sites for hydroxylation is 2. The van der Waals surface area contributed by atoms with Crippen LogP contribution in [0.4, 0.5) is 0 Å². The highest BCUT2D eigenvalue weighted by Crippen LogP contribution is 2.23. The van der Waals surface area contributed by atoms with Crippen LogP contribution in [-0.2, 0) is 6.42 Å². The van der Waals surface area contributed by atoms with Gasteiger partial charge in [-0.25, -0.2) is 0 Å². The van der Waals surface area contributed by atoms with Crippen LogP contribution in [-0.4, -0.2) is 10.2 Å². The Labute approximate surface area is 121 Å². The van der Waals surface area contributed by atoms with Gasteiger partial charge in [-0.15, -0.1) is 0 Å². The molecule has 2 aromatic rings. The quantitative estimate of drug-likeness (QED) is 0.926. The molecule has 1 unspecified atom stereocenters. The number of hydrogen-bond donors (Lipinski definition) is 1. The van der Waals surface area contributed by atoms with Gasteiger partial charge in [0.2, 0.25) is 0 Å². The van der Waals surface area contributed by atoms with Crippen LogP contribution >= 0.6 is 0 Å². The Hall–Kier alpha value is -1.74. The molecule has 0 radical (unpaired) electrons. The SMILES string of the molecule is Cc1cc(C(N)c2cccc(CC(C)C)c2)c(C)nn1. The first-order valence-corrected chi connectivity index (χ1v) is 7.12. The minimum absolute atomic E-state index is 0.142. The molecule has 2 rings (SSSR count). The molecule has 3 nitrogen and oxygen atoms in total. The Kier molecular flexibility index (Phi) is 4.50. The summed E-state index contributed by atoms with van der Waals surface area (Å²) in [5.41, 5.74) is 11.8. The number of nitrogens with two attached hydrogens (primary N) is 1. The van der Waals surface area contributed by atoms with Crippen molar-refractivity contribution in [2.24, 2.45) is 11.7 Å². The third-order valence-electron chi connectivity index (χ3n) is 3.43. The van der Waals surface area contributed by atoms with Gasteiger partial charge in [0.15, 0.2) is 0 Å². The van der Waals surface area contributed by atoms with Crippen molar-refractivity contribution in [3.63, 3.8) is 0 Å². The van der Waals surface area contributed by atoms with E-state index in [2.05, 4.69) is 48.3 Å². The lowest BCUT2D eigenvalue weighted by molar-refractivity contribution is 0.646. The van der Waals surface area contributed by atoms with Crippen LogP contribution < -0.4 is 5.73 Å². The average Bonchev–Trinajstić information content (AvgIpc) is 2.40. The van der Waals surface area contributed by atoms with Crippen LogP contribution in [0.15, 0.2) is 30.3 Å². The largest absolute Gasteiger partial charge is 0.320 e. The molecule has 0 spiro atoms. The molecule has 1 atom stereocenters. The smallest absolute Gasteiger partial charge is 0.0651 e. The van der Waals surface area contributed by atoms with Crippen LogP contribution in [0.3, 0.4) is 0 Å². The first-order chi connectivity index (χ1) is 9.47. The Morgan fingerprint density at radius 2 is 1.85 bits per heavy atom. The van der Waals surface area contributed by atoms with Crippen molar-refractivity contribution >= 4 is 0 Å². The van der Waals surface area contributed by atoms with Gasteiger partial charge in [0.1, 0.15) is 0 Å². The van der Waals surface area contributed by atoms with E-state index in [1.807, 2.05) is 19.9 Å². The molecule has 0 aliphatic heterocycles. The van der Waals surface area contributed by atoms with Crippen molar-refractivity contribution in [2.75, 3.05) is 0 Å². The van der Waals surface area contributed by atoms with Gasteiger partial charge >= 0.3 is 0 Å². The first kappa shape index (κ1) is 14.7. The molecule has 1 aromatic heterocycles. The van der Waals surface area contributed by atoms with Crippen molar-refractivity contribution in [3.8, 4) is 0 Å². The molecular formula is C17H23N3. The highest BCUT2D eigenvalue weighted by molar-refractivity contribution is 5.35. The van der Waals surface area contributed by atoms with Crippen molar-refractivity contribution in [1.82, 2.24) is 10.2 Å². The second-order valence-corrected chi connectivity index (χ2v) is 5.85. The van der Waals surface area contributed by atoms with Crippen molar-refractivity contribution in [2.45, 2.75) is 40.2 Å². The second kappa shape index (κ2) is 6.14. The van der Waals surface area contributed by atoms with Crippen LogP contribution in [0.2, 0.25) is 0 Å². The highest BCUT2D eigenvalue weighted by atomic mass is 15.1. The van der Waals surface area contributed by atoms with Crippen molar-refractivity contribution in [3.05, 3.63) is 58.4 Å². The molecule has 0 saturated carbocycles. The van der Waals surface area contributed by atoms with Gasteiger partial charge in [-0.1, -0.05) is 38.1 Å². The summed E-state index contributed by atoms with van der Waals surface area (Å²) in [7, 11) is 0. The molecule has 1 heterocycles.